The van der Waals surface area contributed by atoms with Crippen LogP contribution < -0.4 is 0 Å². The fourth-order valence-electron chi connectivity index (χ4n) is 1.93. The van der Waals surface area contributed by atoms with Crippen LogP contribution in [0.4, 0.5) is 4.39 Å². The summed E-state index contributed by atoms with van der Waals surface area (Å²) in [5.74, 6) is -0.239. The topological polar surface area (TPSA) is 15.8 Å². The lowest BCUT2D eigenvalue weighted by atomic mass is 10.1. The van der Waals surface area contributed by atoms with Crippen LogP contribution >= 0.6 is 15.9 Å². The van der Waals surface area contributed by atoms with Crippen LogP contribution in [0.25, 0.3) is 22.2 Å². The van der Waals surface area contributed by atoms with Gasteiger partial charge in [0, 0.05) is 26.6 Å². The minimum absolute atomic E-state index is 0.239. The number of para-hydroxylation sites is 1. The smallest absolute Gasteiger partial charge is 0.124 e. The Morgan fingerprint density at radius 1 is 1.00 bits per heavy atom. The number of hydrogen-bond acceptors (Lipinski definition) is 0. The van der Waals surface area contributed by atoms with Gasteiger partial charge in [-0.1, -0.05) is 18.2 Å². The lowest BCUT2D eigenvalue weighted by molar-refractivity contribution is 0.627. The average Bonchev–Trinajstić information content (AvgIpc) is 2.72. The Balaban J connectivity index is 2.20. The monoisotopic (exact) mass is 289 g/mol. The Bertz CT molecular complexity index is 655. The van der Waals surface area contributed by atoms with E-state index in [4.69, 9.17) is 0 Å². The second-order valence-electron chi connectivity index (χ2n) is 3.89. The molecule has 0 saturated heterocycles. The average molecular weight is 290 g/mol. The predicted octanol–water partition coefficient (Wildman–Crippen LogP) is 4.74. The molecule has 0 amide bonds. The zero-order valence-corrected chi connectivity index (χ0v) is 10.5. The van der Waals surface area contributed by atoms with Crippen LogP contribution in [0.15, 0.2) is 53.0 Å². The van der Waals surface area contributed by atoms with Crippen LogP contribution in [0.5, 0.6) is 0 Å². The van der Waals surface area contributed by atoms with Gasteiger partial charge in [-0.25, -0.2) is 4.39 Å². The molecule has 2 aromatic carbocycles. The van der Waals surface area contributed by atoms with Crippen molar-refractivity contribution in [2.45, 2.75) is 0 Å². The van der Waals surface area contributed by atoms with E-state index in [0.717, 1.165) is 26.6 Å². The first kappa shape index (κ1) is 10.5. The molecule has 1 heterocycles. The van der Waals surface area contributed by atoms with Gasteiger partial charge in [0.05, 0.1) is 0 Å². The number of nitrogens with one attached hydrogen (secondary N) is 1. The van der Waals surface area contributed by atoms with Crippen molar-refractivity contribution in [1.82, 2.24) is 4.98 Å². The second-order valence-corrected chi connectivity index (χ2v) is 4.75. The molecule has 0 atom stereocenters. The summed E-state index contributed by atoms with van der Waals surface area (Å²) in [6.45, 7) is 0. The molecule has 3 rings (SSSR count). The molecule has 0 aliphatic heterocycles. The minimum Gasteiger partial charge on any atom is -0.354 e. The molecule has 0 aliphatic carbocycles. The molecule has 84 valence electrons. The number of fused-ring (bicyclic) bond motifs is 1. The van der Waals surface area contributed by atoms with E-state index in [1.807, 2.05) is 24.3 Å². The Kier molecular flexibility index (Phi) is 2.48. The fourth-order valence-corrected chi connectivity index (χ4v) is 2.49. The van der Waals surface area contributed by atoms with E-state index in [1.165, 1.54) is 12.1 Å². The molecule has 0 radical (unpaired) electrons. The number of aromatic nitrogens is 1. The summed E-state index contributed by atoms with van der Waals surface area (Å²) in [6.07, 6.45) is 0. The van der Waals surface area contributed by atoms with Gasteiger partial charge in [-0.3, -0.25) is 0 Å². The number of halogens is 2. The SMILES string of the molecule is Fc1ccc(-c2cc3ccccc3[nH]2)c(Br)c1. The molecule has 17 heavy (non-hydrogen) atoms. The van der Waals surface area contributed by atoms with Gasteiger partial charge in [0.2, 0.25) is 0 Å². The molecule has 1 nitrogen and oxygen atoms in total. The van der Waals surface area contributed by atoms with Gasteiger partial charge in [0.25, 0.3) is 0 Å². The summed E-state index contributed by atoms with van der Waals surface area (Å²) < 4.78 is 13.8. The first-order chi connectivity index (χ1) is 8.24. The molecule has 0 aliphatic rings. The van der Waals surface area contributed by atoms with Crippen molar-refractivity contribution in [2.75, 3.05) is 0 Å². The van der Waals surface area contributed by atoms with Crippen LogP contribution in [0.1, 0.15) is 0 Å². The van der Waals surface area contributed by atoms with Crippen molar-refractivity contribution in [1.29, 1.82) is 0 Å². The number of rotatable bonds is 1. The molecule has 0 unspecified atom stereocenters. The molecule has 0 spiro atoms. The summed E-state index contributed by atoms with van der Waals surface area (Å²) in [5, 5.41) is 1.15. The van der Waals surface area contributed by atoms with E-state index >= 15 is 0 Å². The number of hydrogen-bond donors (Lipinski definition) is 1. The predicted molar refractivity (Wildman–Crippen MR) is 71.4 cm³/mol. The largest absolute Gasteiger partial charge is 0.354 e. The third kappa shape index (κ3) is 1.87. The van der Waals surface area contributed by atoms with Crippen LogP contribution in [0.3, 0.4) is 0 Å². The first-order valence-electron chi connectivity index (χ1n) is 5.27. The van der Waals surface area contributed by atoms with E-state index in [1.54, 1.807) is 6.07 Å². The van der Waals surface area contributed by atoms with Crippen molar-refractivity contribution in [3.05, 3.63) is 58.8 Å². The lowest BCUT2D eigenvalue weighted by Gasteiger charge is -2.01. The molecule has 0 bridgehead atoms. The molecular formula is C14H9BrFN. The Labute approximate surface area is 106 Å². The third-order valence-electron chi connectivity index (χ3n) is 2.75. The van der Waals surface area contributed by atoms with Crippen LogP contribution in [-0.2, 0) is 0 Å². The van der Waals surface area contributed by atoms with E-state index in [9.17, 15) is 4.39 Å². The maximum Gasteiger partial charge on any atom is 0.124 e. The van der Waals surface area contributed by atoms with Gasteiger partial charge in [0.15, 0.2) is 0 Å². The van der Waals surface area contributed by atoms with E-state index in [0.29, 0.717) is 0 Å². The van der Waals surface area contributed by atoms with E-state index in [-0.39, 0.29) is 5.82 Å². The third-order valence-corrected chi connectivity index (χ3v) is 3.41. The Morgan fingerprint density at radius 3 is 2.59 bits per heavy atom. The Morgan fingerprint density at radius 2 is 1.82 bits per heavy atom. The van der Waals surface area contributed by atoms with Gasteiger partial charge in [0.1, 0.15) is 5.82 Å². The van der Waals surface area contributed by atoms with Gasteiger partial charge in [-0.05, 0) is 46.3 Å². The van der Waals surface area contributed by atoms with Crippen molar-refractivity contribution < 1.29 is 4.39 Å². The summed E-state index contributed by atoms with van der Waals surface area (Å²) in [5.41, 5.74) is 3.03. The summed E-state index contributed by atoms with van der Waals surface area (Å²) in [7, 11) is 0. The highest BCUT2D eigenvalue weighted by atomic mass is 79.9. The molecule has 0 saturated carbocycles. The van der Waals surface area contributed by atoms with Crippen molar-refractivity contribution in [3.8, 4) is 11.3 Å². The quantitative estimate of drug-likeness (QED) is 0.666. The van der Waals surface area contributed by atoms with E-state index in [2.05, 4.69) is 27.0 Å². The fraction of sp³-hybridized carbons (Fsp3) is 0. The standard InChI is InChI=1S/C14H9BrFN/c15-12-8-10(16)5-6-11(12)14-7-9-3-1-2-4-13(9)17-14/h1-8,17H. The normalized spacial score (nSPS) is 10.9. The maximum atomic E-state index is 13.0. The molecule has 1 aromatic heterocycles. The molecular weight excluding hydrogens is 281 g/mol. The number of benzene rings is 2. The maximum absolute atomic E-state index is 13.0. The lowest BCUT2D eigenvalue weighted by Crippen LogP contribution is -1.81. The van der Waals surface area contributed by atoms with Gasteiger partial charge in [-0.15, -0.1) is 0 Å². The highest BCUT2D eigenvalue weighted by Gasteiger charge is 2.07. The molecule has 1 N–H and O–H groups in total. The second kappa shape index (κ2) is 4.00. The zero-order chi connectivity index (χ0) is 11.8. The van der Waals surface area contributed by atoms with Crippen LogP contribution in [0, 0.1) is 5.82 Å². The van der Waals surface area contributed by atoms with Gasteiger partial charge < -0.3 is 4.98 Å². The van der Waals surface area contributed by atoms with Gasteiger partial charge >= 0.3 is 0 Å². The molecule has 3 heteroatoms. The highest BCUT2D eigenvalue weighted by Crippen LogP contribution is 2.30. The number of aromatic amines is 1. The first-order valence-corrected chi connectivity index (χ1v) is 6.06. The number of H-pyrrole nitrogens is 1. The van der Waals surface area contributed by atoms with Crippen LogP contribution in [0.2, 0.25) is 0 Å². The van der Waals surface area contributed by atoms with E-state index < -0.39 is 0 Å². The summed E-state index contributed by atoms with van der Waals surface area (Å²) >= 11 is 3.38. The van der Waals surface area contributed by atoms with Crippen molar-refractivity contribution in [2.24, 2.45) is 0 Å². The summed E-state index contributed by atoms with van der Waals surface area (Å²) in [6, 6.07) is 14.8. The van der Waals surface area contributed by atoms with Gasteiger partial charge in [-0.2, -0.15) is 0 Å². The van der Waals surface area contributed by atoms with Crippen molar-refractivity contribution >= 4 is 26.8 Å². The highest BCUT2D eigenvalue weighted by molar-refractivity contribution is 9.10. The zero-order valence-electron chi connectivity index (χ0n) is 8.87. The molecule has 0 fully saturated rings. The van der Waals surface area contributed by atoms with Crippen molar-refractivity contribution in [3.63, 3.8) is 0 Å². The Hall–Kier alpha value is -1.61. The minimum atomic E-state index is -0.239. The van der Waals surface area contributed by atoms with Crippen LogP contribution in [-0.4, -0.2) is 4.98 Å². The summed E-state index contributed by atoms with van der Waals surface area (Å²) in [4.78, 5) is 3.32. The molecule has 3 aromatic rings.